The van der Waals surface area contributed by atoms with Gasteiger partial charge in [0, 0.05) is 0 Å². The van der Waals surface area contributed by atoms with Crippen LogP contribution in [0, 0.1) is 5.92 Å². The SMILES string of the molecule is CC(C)C(N)C(=O)NC(CCCCN)C(=O)NC(CC(=O)O)C(=O)O. The number of unbranched alkanes of at least 4 members (excludes halogenated alkanes) is 1. The van der Waals surface area contributed by atoms with Crippen molar-refractivity contribution in [1.29, 1.82) is 0 Å². The van der Waals surface area contributed by atoms with Gasteiger partial charge in [0.25, 0.3) is 0 Å². The van der Waals surface area contributed by atoms with Gasteiger partial charge in [0.2, 0.25) is 11.8 Å². The van der Waals surface area contributed by atoms with E-state index in [1.165, 1.54) is 0 Å². The minimum Gasteiger partial charge on any atom is -0.481 e. The molecule has 0 aliphatic heterocycles. The zero-order chi connectivity index (χ0) is 19.6. The standard InChI is InChI=1S/C15H28N4O6/c1-8(2)12(17)14(23)18-9(5-3-4-6-16)13(22)19-10(15(24)25)7-11(20)21/h8-10,12H,3-7,16-17H2,1-2H3,(H,18,23)(H,19,22)(H,20,21)(H,24,25). The highest BCUT2D eigenvalue weighted by molar-refractivity contribution is 5.92. The van der Waals surface area contributed by atoms with Gasteiger partial charge in [-0.3, -0.25) is 14.4 Å². The third kappa shape index (κ3) is 9.01. The van der Waals surface area contributed by atoms with Crippen LogP contribution in [0.4, 0.5) is 0 Å². The van der Waals surface area contributed by atoms with Crippen molar-refractivity contribution < 1.29 is 29.4 Å². The van der Waals surface area contributed by atoms with Gasteiger partial charge in [0.15, 0.2) is 0 Å². The second kappa shape index (κ2) is 11.4. The van der Waals surface area contributed by atoms with Gasteiger partial charge in [-0.2, -0.15) is 0 Å². The van der Waals surface area contributed by atoms with Crippen LogP contribution in [0.15, 0.2) is 0 Å². The summed E-state index contributed by atoms with van der Waals surface area (Å²) >= 11 is 0. The maximum Gasteiger partial charge on any atom is 0.326 e. The highest BCUT2D eigenvalue weighted by Crippen LogP contribution is 2.05. The number of rotatable bonds is 12. The van der Waals surface area contributed by atoms with Crippen molar-refractivity contribution in [2.75, 3.05) is 6.54 Å². The molecule has 0 saturated carbocycles. The fraction of sp³-hybridized carbons (Fsp3) is 0.733. The fourth-order valence-electron chi connectivity index (χ4n) is 1.98. The van der Waals surface area contributed by atoms with Crippen molar-refractivity contribution >= 4 is 23.8 Å². The third-order valence-corrected chi connectivity index (χ3v) is 3.59. The van der Waals surface area contributed by atoms with Crippen molar-refractivity contribution in [3.05, 3.63) is 0 Å². The van der Waals surface area contributed by atoms with Crippen molar-refractivity contribution in [1.82, 2.24) is 10.6 Å². The van der Waals surface area contributed by atoms with E-state index in [0.29, 0.717) is 19.4 Å². The largest absolute Gasteiger partial charge is 0.481 e. The summed E-state index contributed by atoms with van der Waals surface area (Å²) in [5.41, 5.74) is 11.1. The minimum absolute atomic E-state index is 0.147. The van der Waals surface area contributed by atoms with Crippen LogP contribution in [0.25, 0.3) is 0 Å². The first-order chi connectivity index (χ1) is 11.6. The molecule has 0 aromatic heterocycles. The average Bonchev–Trinajstić information content (AvgIpc) is 2.51. The first kappa shape index (κ1) is 22.8. The summed E-state index contributed by atoms with van der Waals surface area (Å²) in [6, 6.07) is -3.42. The molecule has 0 aromatic rings. The number of nitrogens with two attached hydrogens (primary N) is 2. The van der Waals surface area contributed by atoms with Crippen molar-refractivity contribution in [2.24, 2.45) is 17.4 Å². The van der Waals surface area contributed by atoms with E-state index < -0.39 is 48.3 Å². The summed E-state index contributed by atoms with van der Waals surface area (Å²) in [7, 11) is 0. The maximum absolute atomic E-state index is 12.3. The Bertz CT molecular complexity index is 483. The zero-order valence-electron chi connectivity index (χ0n) is 14.5. The quantitative estimate of drug-likeness (QED) is 0.230. The number of amides is 2. The van der Waals surface area contributed by atoms with Crippen LogP contribution in [0.1, 0.15) is 39.5 Å². The Hall–Kier alpha value is -2.20. The van der Waals surface area contributed by atoms with Gasteiger partial charge in [-0.25, -0.2) is 4.79 Å². The molecule has 10 heteroatoms. The number of nitrogens with one attached hydrogen (secondary N) is 2. The van der Waals surface area contributed by atoms with Crippen LogP contribution in [-0.2, 0) is 19.2 Å². The van der Waals surface area contributed by atoms with Crippen molar-refractivity contribution in [3.8, 4) is 0 Å². The van der Waals surface area contributed by atoms with Crippen molar-refractivity contribution in [3.63, 3.8) is 0 Å². The highest BCUT2D eigenvalue weighted by atomic mass is 16.4. The Kier molecular flexibility index (Phi) is 10.4. The Morgan fingerprint density at radius 2 is 1.52 bits per heavy atom. The lowest BCUT2D eigenvalue weighted by atomic mass is 10.0. The first-order valence-corrected chi connectivity index (χ1v) is 8.11. The van der Waals surface area contributed by atoms with E-state index in [1.807, 2.05) is 0 Å². The normalized spacial score (nSPS) is 14.4. The molecule has 2 amide bonds. The minimum atomic E-state index is -1.59. The molecular weight excluding hydrogens is 332 g/mol. The number of carbonyl (C=O) groups is 4. The number of aliphatic carboxylic acids is 2. The Morgan fingerprint density at radius 1 is 0.960 bits per heavy atom. The predicted molar refractivity (Wildman–Crippen MR) is 89.5 cm³/mol. The van der Waals surface area contributed by atoms with Crippen LogP contribution in [0.3, 0.4) is 0 Å². The number of carbonyl (C=O) groups excluding carboxylic acids is 2. The molecule has 0 radical (unpaired) electrons. The molecule has 0 rings (SSSR count). The molecule has 0 heterocycles. The van der Waals surface area contributed by atoms with Gasteiger partial charge < -0.3 is 32.3 Å². The number of carboxylic acids is 2. The number of hydrogen-bond acceptors (Lipinski definition) is 6. The summed E-state index contributed by atoms with van der Waals surface area (Å²) in [5, 5.41) is 22.4. The van der Waals surface area contributed by atoms with E-state index in [4.69, 9.17) is 21.7 Å². The molecule has 0 aliphatic carbocycles. The molecule has 0 aliphatic rings. The van der Waals surface area contributed by atoms with E-state index >= 15 is 0 Å². The van der Waals surface area contributed by atoms with Crippen LogP contribution < -0.4 is 22.1 Å². The van der Waals surface area contributed by atoms with Gasteiger partial charge in [-0.05, 0) is 31.7 Å². The third-order valence-electron chi connectivity index (χ3n) is 3.59. The second-order valence-corrected chi connectivity index (χ2v) is 6.11. The van der Waals surface area contributed by atoms with Crippen LogP contribution >= 0.6 is 0 Å². The molecule has 3 atom stereocenters. The molecule has 0 bridgehead atoms. The molecule has 8 N–H and O–H groups in total. The van der Waals surface area contributed by atoms with E-state index in [2.05, 4.69) is 10.6 Å². The Labute approximate surface area is 146 Å². The van der Waals surface area contributed by atoms with Gasteiger partial charge in [0.05, 0.1) is 12.5 Å². The van der Waals surface area contributed by atoms with E-state index in [-0.39, 0.29) is 12.3 Å². The average molecular weight is 360 g/mol. The van der Waals surface area contributed by atoms with E-state index in [9.17, 15) is 19.2 Å². The Balaban J connectivity index is 5.04. The zero-order valence-corrected chi connectivity index (χ0v) is 14.5. The molecule has 144 valence electrons. The van der Waals surface area contributed by atoms with Gasteiger partial charge in [0.1, 0.15) is 12.1 Å². The van der Waals surface area contributed by atoms with E-state index in [1.54, 1.807) is 13.8 Å². The smallest absolute Gasteiger partial charge is 0.326 e. The van der Waals surface area contributed by atoms with Crippen LogP contribution in [-0.4, -0.2) is 58.6 Å². The molecule has 3 unspecified atom stereocenters. The molecule has 0 fully saturated rings. The molecule has 25 heavy (non-hydrogen) atoms. The summed E-state index contributed by atoms with van der Waals surface area (Å²) in [6.07, 6.45) is 0.616. The number of carboxylic acid groups (broad SMARTS) is 2. The highest BCUT2D eigenvalue weighted by Gasteiger charge is 2.29. The van der Waals surface area contributed by atoms with Gasteiger partial charge in [-0.1, -0.05) is 13.8 Å². The number of hydrogen-bond donors (Lipinski definition) is 6. The van der Waals surface area contributed by atoms with E-state index in [0.717, 1.165) is 0 Å². The van der Waals surface area contributed by atoms with Crippen molar-refractivity contribution in [2.45, 2.75) is 57.7 Å². The second-order valence-electron chi connectivity index (χ2n) is 6.11. The lowest BCUT2D eigenvalue weighted by Gasteiger charge is -2.23. The van der Waals surface area contributed by atoms with Crippen LogP contribution in [0.2, 0.25) is 0 Å². The predicted octanol–water partition coefficient (Wildman–Crippen LogP) is -1.37. The molecule has 10 nitrogen and oxygen atoms in total. The summed E-state index contributed by atoms with van der Waals surface area (Å²) < 4.78 is 0. The van der Waals surface area contributed by atoms with Gasteiger partial charge >= 0.3 is 11.9 Å². The summed E-state index contributed by atoms with van der Waals surface area (Å²) in [4.78, 5) is 46.2. The molecule has 0 spiro atoms. The van der Waals surface area contributed by atoms with Gasteiger partial charge in [-0.15, -0.1) is 0 Å². The summed E-state index contributed by atoms with van der Waals surface area (Å²) in [6.45, 7) is 3.91. The molecule has 0 saturated heterocycles. The Morgan fingerprint density at radius 3 is 1.96 bits per heavy atom. The first-order valence-electron chi connectivity index (χ1n) is 8.11. The monoisotopic (exact) mass is 360 g/mol. The summed E-state index contributed by atoms with van der Waals surface area (Å²) in [5.74, 6) is -4.28. The topological polar surface area (TPSA) is 185 Å². The molecule has 0 aromatic carbocycles. The lowest BCUT2D eigenvalue weighted by Crippen LogP contribution is -2.55. The maximum atomic E-state index is 12.3. The fourth-order valence-corrected chi connectivity index (χ4v) is 1.98. The van der Waals surface area contributed by atoms with Crippen LogP contribution in [0.5, 0.6) is 0 Å². The molecular formula is C15H28N4O6. The lowest BCUT2D eigenvalue weighted by molar-refractivity contribution is -0.147.